The van der Waals surface area contributed by atoms with Crippen LogP contribution in [-0.2, 0) is 7.05 Å². The van der Waals surface area contributed by atoms with Crippen molar-refractivity contribution in [3.05, 3.63) is 47.5 Å². The molecule has 1 fully saturated rings. The number of halogens is 1. The van der Waals surface area contributed by atoms with Gasteiger partial charge in [0, 0.05) is 66.3 Å². The third kappa shape index (κ3) is 4.14. The van der Waals surface area contributed by atoms with Gasteiger partial charge < -0.3 is 20.3 Å². The summed E-state index contributed by atoms with van der Waals surface area (Å²) in [6, 6.07) is 7.49. The molecule has 0 unspecified atom stereocenters. The first-order chi connectivity index (χ1) is 16.7. The summed E-state index contributed by atoms with van der Waals surface area (Å²) in [5.74, 6) is -0.891. The fraction of sp³-hybridized carbons (Fsp3) is 0.360. The lowest BCUT2D eigenvalue weighted by atomic mass is 10.0. The molecule has 0 saturated carbocycles. The normalized spacial score (nSPS) is 18.3. The van der Waals surface area contributed by atoms with Crippen LogP contribution in [0.15, 0.2) is 30.5 Å². The Morgan fingerprint density at radius 3 is 2.63 bits per heavy atom. The summed E-state index contributed by atoms with van der Waals surface area (Å²) in [4.78, 5) is 24.5. The average molecular weight is 478 g/mol. The van der Waals surface area contributed by atoms with Crippen LogP contribution in [0.5, 0.6) is 6.01 Å². The first kappa shape index (κ1) is 23.0. The number of aryl methyl sites for hydroxylation is 2. The van der Waals surface area contributed by atoms with Crippen LogP contribution in [0.3, 0.4) is 0 Å². The highest BCUT2D eigenvalue weighted by molar-refractivity contribution is 6.14. The molecule has 9 nitrogen and oxygen atoms in total. The molecule has 5 rings (SSSR count). The van der Waals surface area contributed by atoms with Gasteiger partial charge in [0.25, 0.3) is 5.91 Å². The number of amides is 1. The number of anilines is 2. The molecule has 0 spiro atoms. The number of methoxy groups -OCH3 is 1. The van der Waals surface area contributed by atoms with Gasteiger partial charge in [-0.3, -0.25) is 9.48 Å². The predicted octanol–water partition coefficient (Wildman–Crippen LogP) is 3.41. The van der Waals surface area contributed by atoms with E-state index in [1.807, 2.05) is 13.0 Å². The summed E-state index contributed by atoms with van der Waals surface area (Å²) in [6.45, 7) is 7.79. The maximum Gasteiger partial charge on any atom is 0.316 e. The van der Waals surface area contributed by atoms with Crippen LogP contribution >= 0.6 is 0 Å². The van der Waals surface area contributed by atoms with Gasteiger partial charge in [-0.25, -0.2) is 9.37 Å². The van der Waals surface area contributed by atoms with Crippen molar-refractivity contribution in [2.75, 3.05) is 30.4 Å². The minimum Gasteiger partial charge on any atom is -0.467 e. The summed E-state index contributed by atoms with van der Waals surface area (Å²) in [5, 5.41) is 12.0. The largest absolute Gasteiger partial charge is 0.467 e. The first-order valence-electron chi connectivity index (χ1n) is 11.5. The highest BCUT2D eigenvalue weighted by Crippen LogP contribution is 2.31. The molecule has 1 saturated heterocycles. The minimum absolute atomic E-state index is 0.171. The van der Waals surface area contributed by atoms with Gasteiger partial charge in [-0.2, -0.15) is 10.1 Å². The first-order valence-corrected chi connectivity index (χ1v) is 11.5. The van der Waals surface area contributed by atoms with Crippen molar-refractivity contribution in [2.45, 2.75) is 32.9 Å². The number of hydrogen-bond donors (Lipinski definition) is 2. The standard InChI is InChI=1S/C25H28FN7O2/c1-13-11-33(12-14(2)28-13)21-7-6-17(22-19(21)10-27-25(30-22)35-5)24(34)29-16-8-18-15(3)32(4)31-23(18)20(26)9-16/h6-10,13-14,28H,11-12H2,1-5H3,(H,29,34)/t13-,14-/m1/s1. The van der Waals surface area contributed by atoms with E-state index in [1.165, 1.54) is 13.2 Å². The van der Waals surface area contributed by atoms with Crippen LogP contribution < -0.4 is 20.3 Å². The molecule has 0 aliphatic carbocycles. The van der Waals surface area contributed by atoms with Crippen molar-refractivity contribution in [1.82, 2.24) is 25.1 Å². The van der Waals surface area contributed by atoms with Crippen molar-refractivity contribution in [2.24, 2.45) is 7.05 Å². The van der Waals surface area contributed by atoms with Gasteiger partial charge in [0.2, 0.25) is 0 Å². The minimum atomic E-state index is -0.493. The lowest BCUT2D eigenvalue weighted by Gasteiger charge is -2.38. The Hall–Kier alpha value is -3.79. The third-order valence-electron chi connectivity index (χ3n) is 6.48. The molecule has 0 radical (unpaired) electrons. The zero-order chi connectivity index (χ0) is 24.9. The highest BCUT2D eigenvalue weighted by Gasteiger charge is 2.25. The number of piperazine rings is 1. The number of benzene rings is 2. The smallest absolute Gasteiger partial charge is 0.316 e. The Balaban J connectivity index is 1.55. The maximum absolute atomic E-state index is 14.7. The summed E-state index contributed by atoms with van der Waals surface area (Å²) in [7, 11) is 3.24. The highest BCUT2D eigenvalue weighted by atomic mass is 19.1. The van der Waals surface area contributed by atoms with Gasteiger partial charge in [0.05, 0.1) is 18.2 Å². The fourth-order valence-corrected chi connectivity index (χ4v) is 4.82. The van der Waals surface area contributed by atoms with Crippen LogP contribution in [-0.4, -0.2) is 57.9 Å². The molecule has 1 amide bonds. The molecule has 3 heterocycles. The number of rotatable bonds is 4. The molecule has 0 bridgehead atoms. The molecule has 1 aliphatic rings. The summed E-state index contributed by atoms with van der Waals surface area (Å²) < 4.78 is 21.5. The van der Waals surface area contributed by atoms with Crippen molar-refractivity contribution >= 4 is 39.1 Å². The van der Waals surface area contributed by atoms with E-state index in [1.54, 1.807) is 30.1 Å². The van der Waals surface area contributed by atoms with Crippen molar-refractivity contribution in [3.8, 4) is 6.01 Å². The Morgan fingerprint density at radius 2 is 1.91 bits per heavy atom. The lowest BCUT2D eigenvalue weighted by Crippen LogP contribution is -2.54. The van der Waals surface area contributed by atoms with E-state index in [-0.39, 0.29) is 11.5 Å². The van der Waals surface area contributed by atoms with E-state index in [4.69, 9.17) is 4.74 Å². The van der Waals surface area contributed by atoms with E-state index in [9.17, 15) is 9.18 Å². The summed E-state index contributed by atoms with van der Waals surface area (Å²) in [6.07, 6.45) is 1.69. The van der Waals surface area contributed by atoms with Crippen LogP contribution in [0.4, 0.5) is 15.8 Å². The molecule has 2 atom stereocenters. The van der Waals surface area contributed by atoms with Gasteiger partial charge >= 0.3 is 6.01 Å². The van der Waals surface area contributed by atoms with Gasteiger partial charge in [-0.05, 0) is 45.0 Å². The number of fused-ring (bicyclic) bond motifs is 2. The monoisotopic (exact) mass is 477 g/mol. The maximum atomic E-state index is 14.7. The van der Waals surface area contributed by atoms with Crippen molar-refractivity contribution in [3.63, 3.8) is 0 Å². The number of ether oxygens (including phenoxy) is 1. The van der Waals surface area contributed by atoms with E-state index in [2.05, 4.69) is 44.4 Å². The molecule has 4 aromatic rings. The van der Waals surface area contributed by atoms with Gasteiger partial charge in [0.15, 0.2) is 5.82 Å². The van der Waals surface area contributed by atoms with Gasteiger partial charge in [-0.1, -0.05) is 0 Å². The molecule has 35 heavy (non-hydrogen) atoms. The number of carbonyl (C=O) groups is 1. The molecular weight excluding hydrogens is 449 g/mol. The van der Waals surface area contributed by atoms with Crippen LogP contribution in [0.1, 0.15) is 29.9 Å². The Kier molecular flexibility index (Phi) is 5.76. The molecular formula is C25H28FN7O2. The SMILES string of the molecule is COc1ncc2c(N3C[C@@H](C)N[C@H](C)C3)ccc(C(=O)Nc3cc(F)c4nn(C)c(C)c4c3)c2n1. The molecule has 10 heteroatoms. The summed E-state index contributed by atoms with van der Waals surface area (Å²) >= 11 is 0. The Bertz CT molecular complexity index is 1440. The third-order valence-corrected chi connectivity index (χ3v) is 6.48. The zero-order valence-electron chi connectivity index (χ0n) is 20.4. The molecule has 2 N–H and O–H groups in total. The molecule has 2 aromatic heterocycles. The zero-order valence-corrected chi connectivity index (χ0v) is 20.4. The van der Waals surface area contributed by atoms with E-state index >= 15 is 0 Å². The number of carbonyl (C=O) groups excluding carboxylic acids is 1. The lowest BCUT2D eigenvalue weighted by molar-refractivity contribution is 0.102. The van der Waals surface area contributed by atoms with Crippen LogP contribution in [0.25, 0.3) is 21.8 Å². The molecule has 182 valence electrons. The number of hydrogen-bond acceptors (Lipinski definition) is 7. The Labute approximate surface area is 202 Å². The second kappa shape index (κ2) is 8.77. The summed E-state index contributed by atoms with van der Waals surface area (Å²) in [5.41, 5.74) is 3.21. The van der Waals surface area contributed by atoms with Crippen LogP contribution in [0, 0.1) is 12.7 Å². The number of nitrogens with zero attached hydrogens (tertiary/aromatic N) is 5. The van der Waals surface area contributed by atoms with Gasteiger partial charge in [-0.15, -0.1) is 0 Å². The second-order valence-electron chi connectivity index (χ2n) is 9.14. The van der Waals surface area contributed by atoms with Gasteiger partial charge in [0.1, 0.15) is 5.52 Å². The van der Waals surface area contributed by atoms with E-state index < -0.39 is 11.7 Å². The molecule has 2 aromatic carbocycles. The fourth-order valence-electron chi connectivity index (χ4n) is 4.82. The van der Waals surface area contributed by atoms with Crippen molar-refractivity contribution < 1.29 is 13.9 Å². The van der Waals surface area contributed by atoms with Crippen molar-refractivity contribution in [1.29, 1.82) is 0 Å². The van der Waals surface area contributed by atoms with E-state index in [0.717, 1.165) is 29.9 Å². The average Bonchev–Trinajstić information content (AvgIpc) is 3.11. The number of aromatic nitrogens is 4. The quantitative estimate of drug-likeness (QED) is 0.465. The van der Waals surface area contributed by atoms with Crippen LogP contribution in [0.2, 0.25) is 0 Å². The number of nitrogens with one attached hydrogen (secondary N) is 2. The topological polar surface area (TPSA) is 97.2 Å². The second-order valence-corrected chi connectivity index (χ2v) is 9.14. The van der Waals surface area contributed by atoms with E-state index in [0.29, 0.717) is 34.2 Å². The Morgan fingerprint density at radius 1 is 1.17 bits per heavy atom. The molecule has 1 aliphatic heterocycles. The predicted molar refractivity (Wildman–Crippen MR) is 134 cm³/mol.